The van der Waals surface area contributed by atoms with Gasteiger partial charge in [-0.1, -0.05) is 32.6 Å². The summed E-state index contributed by atoms with van der Waals surface area (Å²) in [7, 11) is -2.89. The first-order valence-corrected chi connectivity index (χ1v) is 7.26. The Labute approximate surface area is 88.0 Å². The Hall–Kier alpha value is -0.0900. The summed E-state index contributed by atoms with van der Waals surface area (Å²) in [6.07, 6.45) is 5.34. The maximum absolute atomic E-state index is 11.4. The molecule has 1 unspecified atom stereocenters. The topological polar surface area (TPSA) is 60.2 Å². The van der Waals surface area contributed by atoms with Gasteiger partial charge in [0.15, 0.2) is 9.84 Å². The van der Waals surface area contributed by atoms with Crippen LogP contribution in [-0.4, -0.2) is 26.0 Å². The Balaban J connectivity index is 3.56. The minimum absolute atomic E-state index is 0.126. The minimum Gasteiger partial charge on any atom is -0.327 e. The van der Waals surface area contributed by atoms with Gasteiger partial charge in [-0.3, -0.25) is 0 Å². The standard InChI is InChI=1S/C10H23NO2S/c1-3-4-5-6-7-8-14(12,13)9-10(2)11/h10H,3-9,11H2,1-2H3. The molecule has 0 heterocycles. The average molecular weight is 221 g/mol. The van der Waals surface area contributed by atoms with E-state index < -0.39 is 9.84 Å². The maximum Gasteiger partial charge on any atom is 0.151 e. The molecule has 0 spiro atoms. The van der Waals surface area contributed by atoms with Crippen molar-refractivity contribution in [2.45, 2.75) is 52.0 Å². The lowest BCUT2D eigenvalue weighted by Gasteiger charge is -2.06. The molecule has 0 amide bonds. The zero-order valence-corrected chi connectivity index (χ0v) is 10.1. The summed E-state index contributed by atoms with van der Waals surface area (Å²) in [6, 6.07) is -0.240. The third kappa shape index (κ3) is 8.51. The summed E-state index contributed by atoms with van der Waals surface area (Å²) < 4.78 is 22.8. The van der Waals surface area contributed by atoms with Crippen LogP contribution in [0.4, 0.5) is 0 Å². The highest BCUT2D eigenvalue weighted by Crippen LogP contribution is 2.05. The first kappa shape index (κ1) is 13.9. The van der Waals surface area contributed by atoms with Crippen LogP contribution in [-0.2, 0) is 9.84 Å². The third-order valence-corrected chi connectivity index (χ3v) is 4.02. The maximum atomic E-state index is 11.4. The molecule has 3 nitrogen and oxygen atoms in total. The van der Waals surface area contributed by atoms with E-state index in [4.69, 9.17) is 5.73 Å². The number of nitrogens with two attached hydrogens (primary N) is 1. The zero-order valence-electron chi connectivity index (χ0n) is 9.33. The second-order valence-corrected chi connectivity index (χ2v) is 6.23. The lowest BCUT2D eigenvalue weighted by atomic mass is 10.2. The van der Waals surface area contributed by atoms with Crippen molar-refractivity contribution >= 4 is 9.84 Å². The largest absolute Gasteiger partial charge is 0.327 e. The fourth-order valence-corrected chi connectivity index (χ4v) is 3.02. The number of hydrogen-bond donors (Lipinski definition) is 1. The molecule has 0 aromatic heterocycles. The quantitative estimate of drug-likeness (QED) is 0.635. The van der Waals surface area contributed by atoms with E-state index in [9.17, 15) is 8.42 Å². The van der Waals surface area contributed by atoms with Crippen LogP contribution in [0.25, 0.3) is 0 Å². The smallest absolute Gasteiger partial charge is 0.151 e. The third-order valence-electron chi connectivity index (χ3n) is 2.08. The van der Waals surface area contributed by atoms with Crippen molar-refractivity contribution in [1.82, 2.24) is 0 Å². The van der Waals surface area contributed by atoms with Crippen molar-refractivity contribution in [1.29, 1.82) is 0 Å². The molecule has 0 aromatic rings. The number of rotatable bonds is 8. The van der Waals surface area contributed by atoms with Gasteiger partial charge in [-0.05, 0) is 13.3 Å². The Bertz CT molecular complexity index is 222. The summed E-state index contributed by atoms with van der Waals surface area (Å²) in [6.45, 7) is 3.88. The highest BCUT2D eigenvalue weighted by molar-refractivity contribution is 7.91. The first-order valence-electron chi connectivity index (χ1n) is 5.44. The molecular weight excluding hydrogens is 198 g/mol. The molecule has 86 valence electrons. The summed E-state index contributed by atoms with van der Waals surface area (Å²) in [5.41, 5.74) is 5.45. The highest BCUT2D eigenvalue weighted by Gasteiger charge is 2.12. The van der Waals surface area contributed by atoms with Crippen LogP contribution in [0.1, 0.15) is 46.0 Å². The van der Waals surface area contributed by atoms with E-state index >= 15 is 0 Å². The molecular formula is C10H23NO2S. The van der Waals surface area contributed by atoms with Crippen LogP contribution in [0.3, 0.4) is 0 Å². The fraction of sp³-hybridized carbons (Fsp3) is 1.00. The van der Waals surface area contributed by atoms with Crippen molar-refractivity contribution in [3.8, 4) is 0 Å². The van der Waals surface area contributed by atoms with Gasteiger partial charge in [-0.15, -0.1) is 0 Å². The second-order valence-electron chi connectivity index (χ2n) is 4.01. The van der Waals surface area contributed by atoms with Gasteiger partial charge in [0, 0.05) is 6.04 Å². The molecule has 0 rings (SSSR count). The molecule has 0 bridgehead atoms. The Morgan fingerprint density at radius 3 is 2.21 bits per heavy atom. The first-order chi connectivity index (χ1) is 6.48. The van der Waals surface area contributed by atoms with Crippen molar-refractivity contribution in [3.63, 3.8) is 0 Å². The van der Waals surface area contributed by atoms with Crippen LogP contribution in [0, 0.1) is 0 Å². The van der Waals surface area contributed by atoms with Crippen LogP contribution in [0.5, 0.6) is 0 Å². The minimum atomic E-state index is -2.89. The monoisotopic (exact) mass is 221 g/mol. The molecule has 2 N–H and O–H groups in total. The van der Waals surface area contributed by atoms with Gasteiger partial charge in [0.25, 0.3) is 0 Å². The predicted molar refractivity (Wildman–Crippen MR) is 61.1 cm³/mol. The van der Waals surface area contributed by atoms with Crippen LogP contribution < -0.4 is 5.73 Å². The van der Waals surface area contributed by atoms with E-state index in [1.807, 2.05) is 0 Å². The predicted octanol–water partition coefficient (Wildman–Crippen LogP) is 1.72. The van der Waals surface area contributed by atoms with Crippen molar-refractivity contribution in [3.05, 3.63) is 0 Å². The van der Waals surface area contributed by atoms with Crippen LogP contribution in [0.2, 0.25) is 0 Å². The molecule has 0 saturated heterocycles. The van der Waals surface area contributed by atoms with E-state index in [0.29, 0.717) is 5.75 Å². The molecule has 14 heavy (non-hydrogen) atoms. The lowest BCUT2D eigenvalue weighted by molar-refractivity contribution is 0.581. The molecule has 0 aliphatic heterocycles. The molecule has 0 fully saturated rings. The summed E-state index contributed by atoms with van der Waals surface area (Å²) in [5.74, 6) is 0.430. The molecule has 4 heteroatoms. The van der Waals surface area contributed by atoms with Crippen molar-refractivity contribution < 1.29 is 8.42 Å². The Morgan fingerprint density at radius 2 is 1.71 bits per heavy atom. The van der Waals surface area contributed by atoms with E-state index in [1.54, 1.807) is 6.92 Å². The Morgan fingerprint density at radius 1 is 1.14 bits per heavy atom. The van der Waals surface area contributed by atoms with Crippen LogP contribution in [0.15, 0.2) is 0 Å². The summed E-state index contributed by atoms with van der Waals surface area (Å²) >= 11 is 0. The van der Waals surface area contributed by atoms with Gasteiger partial charge in [0.2, 0.25) is 0 Å². The molecule has 0 aliphatic rings. The van der Waals surface area contributed by atoms with Crippen molar-refractivity contribution in [2.24, 2.45) is 5.73 Å². The summed E-state index contributed by atoms with van der Waals surface area (Å²) in [5, 5.41) is 0. The molecule has 0 aliphatic carbocycles. The van der Waals surface area contributed by atoms with Gasteiger partial charge in [-0.2, -0.15) is 0 Å². The lowest BCUT2D eigenvalue weighted by Crippen LogP contribution is -2.27. The van der Waals surface area contributed by atoms with Crippen molar-refractivity contribution in [2.75, 3.05) is 11.5 Å². The van der Waals surface area contributed by atoms with E-state index in [-0.39, 0.29) is 11.8 Å². The average Bonchev–Trinajstić information content (AvgIpc) is 2.01. The van der Waals surface area contributed by atoms with Gasteiger partial charge in [-0.25, -0.2) is 8.42 Å². The fourth-order valence-electron chi connectivity index (χ4n) is 1.41. The number of hydrogen-bond acceptors (Lipinski definition) is 3. The molecule has 0 radical (unpaired) electrons. The van der Waals surface area contributed by atoms with Gasteiger partial charge < -0.3 is 5.73 Å². The molecule has 0 aromatic carbocycles. The van der Waals surface area contributed by atoms with Gasteiger partial charge >= 0.3 is 0 Å². The molecule has 0 saturated carbocycles. The summed E-state index contributed by atoms with van der Waals surface area (Å²) in [4.78, 5) is 0. The van der Waals surface area contributed by atoms with E-state index in [1.165, 1.54) is 12.8 Å². The van der Waals surface area contributed by atoms with Gasteiger partial charge in [0.05, 0.1) is 11.5 Å². The number of unbranched alkanes of at least 4 members (excludes halogenated alkanes) is 4. The van der Waals surface area contributed by atoms with E-state index in [2.05, 4.69) is 6.92 Å². The second kappa shape index (κ2) is 7.23. The van der Waals surface area contributed by atoms with Gasteiger partial charge in [0.1, 0.15) is 0 Å². The zero-order chi connectivity index (χ0) is 11.0. The Kier molecular flexibility index (Phi) is 7.19. The van der Waals surface area contributed by atoms with Crippen LogP contribution >= 0.6 is 0 Å². The molecule has 1 atom stereocenters. The highest BCUT2D eigenvalue weighted by atomic mass is 32.2. The van der Waals surface area contributed by atoms with E-state index in [0.717, 1.165) is 19.3 Å². The number of sulfone groups is 1. The SMILES string of the molecule is CCCCCCCS(=O)(=O)CC(C)N. The normalized spacial score (nSPS) is 14.2.